The zero-order valence-electron chi connectivity index (χ0n) is 17.9. The van der Waals surface area contributed by atoms with Crippen molar-refractivity contribution in [1.29, 1.82) is 0 Å². The highest BCUT2D eigenvalue weighted by Crippen LogP contribution is 2.22. The molecule has 2 heterocycles. The highest BCUT2D eigenvalue weighted by molar-refractivity contribution is 7.15. The summed E-state index contributed by atoms with van der Waals surface area (Å²) in [5, 5.41) is 0. The van der Waals surface area contributed by atoms with Crippen LogP contribution in [0.1, 0.15) is 22.4 Å². The van der Waals surface area contributed by atoms with Crippen molar-refractivity contribution in [3.05, 3.63) is 133 Å². The number of hydrogen-bond acceptors (Lipinski definition) is 5. The van der Waals surface area contributed by atoms with Gasteiger partial charge in [0, 0.05) is 17.7 Å². The lowest BCUT2D eigenvalue weighted by atomic mass is 10.1. The van der Waals surface area contributed by atoms with E-state index < -0.39 is 0 Å². The highest BCUT2D eigenvalue weighted by atomic mass is 32.1. The summed E-state index contributed by atoms with van der Waals surface area (Å²) in [4.78, 5) is 30.5. The van der Waals surface area contributed by atoms with Gasteiger partial charge in [0.2, 0.25) is 4.96 Å². The van der Waals surface area contributed by atoms with Gasteiger partial charge in [-0.1, -0.05) is 72.0 Å². The van der Waals surface area contributed by atoms with E-state index in [0.717, 1.165) is 16.9 Å². The van der Waals surface area contributed by atoms with E-state index in [9.17, 15) is 9.59 Å². The first kappa shape index (κ1) is 20.8. The minimum atomic E-state index is -0.289. The Morgan fingerprint density at radius 3 is 2.36 bits per heavy atom. The van der Waals surface area contributed by atoms with E-state index in [1.165, 1.54) is 11.3 Å². The van der Waals surface area contributed by atoms with Gasteiger partial charge in [0.05, 0.1) is 4.53 Å². The summed E-state index contributed by atoms with van der Waals surface area (Å²) in [7, 11) is 0. The van der Waals surface area contributed by atoms with Crippen molar-refractivity contribution in [3.63, 3.8) is 0 Å². The Morgan fingerprint density at radius 1 is 0.909 bits per heavy atom. The molecule has 0 fully saturated rings. The van der Waals surface area contributed by atoms with Gasteiger partial charge in [-0.3, -0.25) is 14.0 Å². The molecule has 0 N–H and O–H groups in total. The smallest absolute Gasteiger partial charge is 0.277 e. The predicted octanol–water partition coefficient (Wildman–Crippen LogP) is 4.36. The van der Waals surface area contributed by atoms with Gasteiger partial charge in [-0.05, 0) is 48.4 Å². The van der Waals surface area contributed by atoms with Crippen LogP contribution in [0.15, 0.2) is 94.5 Å². The third-order valence-corrected chi connectivity index (χ3v) is 6.36. The number of benzene rings is 3. The first-order chi connectivity index (χ1) is 16.1. The summed E-state index contributed by atoms with van der Waals surface area (Å²) in [6.45, 7) is 1.81. The van der Waals surface area contributed by atoms with Gasteiger partial charge >= 0.3 is 0 Å². The van der Waals surface area contributed by atoms with Crippen LogP contribution in [0, 0.1) is 6.92 Å². The van der Waals surface area contributed by atoms with Crippen molar-refractivity contribution in [3.8, 4) is 11.5 Å². The summed E-state index contributed by atoms with van der Waals surface area (Å²) >= 11 is 1.21. The standard InChI is InChI=1S/C27H20N2O3S/c1-18-23(16-19-9-4-2-5-10-19)25(30)28-27-29(18)26(31)24(33-27)17-20-11-8-14-22(15-20)32-21-12-6-3-7-13-21/h2-15,17H,16H2,1H3/b24-17-. The van der Waals surface area contributed by atoms with Gasteiger partial charge in [-0.25, -0.2) is 0 Å². The second-order valence-electron chi connectivity index (χ2n) is 7.66. The van der Waals surface area contributed by atoms with E-state index in [-0.39, 0.29) is 11.1 Å². The molecule has 0 radical (unpaired) electrons. The van der Waals surface area contributed by atoms with Crippen molar-refractivity contribution in [2.75, 3.05) is 0 Å². The molecule has 2 aromatic heterocycles. The molecule has 5 aromatic rings. The fraction of sp³-hybridized carbons (Fsp3) is 0.0741. The van der Waals surface area contributed by atoms with Crippen molar-refractivity contribution in [2.45, 2.75) is 13.3 Å². The normalized spacial score (nSPS) is 11.7. The van der Waals surface area contributed by atoms with E-state index in [1.54, 1.807) is 17.4 Å². The molecule has 0 aliphatic rings. The number of ether oxygens (including phenoxy) is 1. The van der Waals surface area contributed by atoms with Gasteiger partial charge in [0.25, 0.3) is 11.1 Å². The topological polar surface area (TPSA) is 60.7 Å². The van der Waals surface area contributed by atoms with Gasteiger partial charge in [-0.15, -0.1) is 0 Å². The van der Waals surface area contributed by atoms with Crippen molar-refractivity contribution < 1.29 is 4.74 Å². The first-order valence-electron chi connectivity index (χ1n) is 10.5. The molecule has 0 aliphatic heterocycles. The maximum atomic E-state index is 13.2. The number of fused-ring (bicyclic) bond motifs is 1. The average molecular weight is 453 g/mol. The molecule has 0 spiro atoms. The second kappa shape index (κ2) is 8.84. The molecular weight excluding hydrogens is 432 g/mol. The molecule has 6 heteroatoms. The maximum Gasteiger partial charge on any atom is 0.277 e. The summed E-state index contributed by atoms with van der Waals surface area (Å²) in [5.41, 5.74) is 2.54. The molecule has 0 saturated carbocycles. The van der Waals surface area contributed by atoms with Crippen LogP contribution in [-0.2, 0) is 6.42 Å². The van der Waals surface area contributed by atoms with E-state index in [4.69, 9.17) is 4.74 Å². The molecule has 0 saturated heterocycles. The van der Waals surface area contributed by atoms with Crippen LogP contribution in [0.4, 0.5) is 0 Å². The molecule has 0 bridgehead atoms. The summed E-state index contributed by atoms with van der Waals surface area (Å²) < 4.78 is 7.95. The van der Waals surface area contributed by atoms with E-state index in [1.807, 2.05) is 84.9 Å². The summed E-state index contributed by atoms with van der Waals surface area (Å²) in [6.07, 6.45) is 2.25. The first-order valence-corrected chi connectivity index (χ1v) is 11.3. The number of para-hydroxylation sites is 1. The molecule has 5 rings (SSSR count). The number of nitrogens with zero attached hydrogens (tertiary/aromatic N) is 2. The van der Waals surface area contributed by atoms with E-state index in [2.05, 4.69) is 4.98 Å². The van der Waals surface area contributed by atoms with E-state index in [0.29, 0.717) is 32.9 Å². The molecule has 0 unspecified atom stereocenters. The zero-order chi connectivity index (χ0) is 22.8. The van der Waals surface area contributed by atoms with Crippen molar-refractivity contribution in [1.82, 2.24) is 9.38 Å². The van der Waals surface area contributed by atoms with Crippen LogP contribution in [-0.4, -0.2) is 9.38 Å². The van der Waals surface area contributed by atoms with E-state index >= 15 is 0 Å². The number of aryl methyl sites for hydroxylation is 1. The Kier molecular flexibility index (Phi) is 5.59. The summed E-state index contributed by atoms with van der Waals surface area (Å²) in [6, 6.07) is 26.8. The fourth-order valence-corrected chi connectivity index (χ4v) is 4.75. The Balaban J connectivity index is 1.55. The molecule has 162 valence electrons. The quantitative estimate of drug-likeness (QED) is 0.398. The van der Waals surface area contributed by atoms with Gasteiger partial charge in [0.15, 0.2) is 0 Å². The monoisotopic (exact) mass is 452 g/mol. The lowest BCUT2D eigenvalue weighted by Gasteiger charge is -2.06. The van der Waals surface area contributed by atoms with Gasteiger partial charge in [-0.2, -0.15) is 4.98 Å². The number of thiazole rings is 1. The summed E-state index contributed by atoms with van der Waals surface area (Å²) in [5.74, 6) is 1.42. The van der Waals surface area contributed by atoms with Crippen LogP contribution < -0.4 is 20.4 Å². The minimum absolute atomic E-state index is 0.177. The van der Waals surface area contributed by atoms with Crippen LogP contribution in [0.3, 0.4) is 0 Å². The van der Waals surface area contributed by atoms with Crippen molar-refractivity contribution >= 4 is 22.4 Å². The SMILES string of the molecule is Cc1c(Cc2ccccc2)c(=O)nc2s/c(=C\c3cccc(Oc4ccccc4)c3)c(=O)n12. The molecular formula is C27H20N2O3S. The Morgan fingerprint density at radius 2 is 1.61 bits per heavy atom. The van der Waals surface area contributed by atoms with Gasteiger partial charge in [0.1, 0.15) is 11.5 Å². The molecule has 5 nitrogen and oxygen atoms in total. The number of rotatable bonds is 5. The molecule has 0 aliphatic carbocycles. The van der Waals surface area contributed by atoms with Gasteiger partial charge < -0.3 is 4.74 Å². The van der Waals surface area contributed by atoms with Crippen molar-refractivity contribution in [2.24, 2.45) is 0 Å². The Bertz CT molecular complexity index is 1610. The maximum absolute atomic E-state index is 13.2. The number of aromatic nitrogens is 2. The number of hydrogen-bond donors (Lipinski definition) is 0. The average Bonchev–Trinajstić information content (AvgIpc) is 3.13. The predicted molar refractivity (Wildman–Crippen MR) is 131 cm³/mol. The lowest BCUT2D eigenvalue weighted by molar-refractivity contribution is 0.482. The molecule has 0 atom stereocenters. The Labute approximate surface area is 193 Å². The Hall–Kier alpha value is -4.03. The van der Waals surface area contributed by atoms with Crippen LogP contribution in [0.25, 0.3) is 11.0 Å². The largest absolute Gasteiger partial charge is 0.457 e. The molecule has 3 aromatic carbocycles. The third-order valence-electron chi connectivity index (χ3n) is 5.39. The second-order valence-corrected chi connectivity index (χ2v) is 8.67. The minimum Gasteiger partial charge on any atom is -0.457 e. The lowest BCUT2D eigenvalue weighted by Crippen LogP contribution is -2.27. The molecule has 33 heavy (non-hydrogen) atoms. The van der Waals surface area contributed by atoms with Crippen LogP contribution in [0.2, 0.25) is 0 Å². The van der Waals surface area contributed by atoms with Crippen LogP contribution >= 0.6 is 11.3 Å². The third kappa shape index (κ3) is 4.33. The zero-order valence-corrected chi connectivity index (χ0v) is 18.7. The fourth-order valence-electron chi connectivity index (χ4n) is 3.74. The molecule has 0 amide bonds. The van der Waals surface area contributed by atoms with Crippen LogP contribution in [0.5, 0.6) is 11.5 Å². The highest BCUT2D eigenvalue weighted by Gasteiger charge is 2.15.